The van der Waals surface area contributed by atoms with Crippen LogP contribution in [0, 0.1) is 0 Å². The number of hydrogen-bond acceptors (Lipinski definition) is 11. The van der Waals surface area contributed by atoms with Crippen LogP contribution in [0.4, 0.5) is 4.79 Å². The summed E-state index contributed by atoms with van der Waals surface area (Å²) >= 11 is 0. The van der Waals surface area contributed by atoms with Gasteiger partial charge in [0.05, 0.1) is 4.90 Å². The Kier molecular flexibility index (Phi) is 22.4. The number of carbonyl (C=O) groups excluding carboxylic acids is 6. The lowest BCUT2D eigenvalue weighted by Gasteiger charge is -2.15. The average Bonchev–Trinajstić information content (AvgIpc) is 3.10. The minimum Gasteiger partial charge on any atom is -0.356 e. The molecular weight excluding hydrogens is 690 g/mol. The van der Waals surface area contributed by atoms with Crippen molar-refractivity contribution in [2.75, 3.05) is 39.3 Å². The number of carbonyl (C=O) groups is 6. The highest BCUT2D eigenvalue weighted by Gasteiger charge is 2.17. The van der Waals surface area contributed by atoms with Crippen molar-refractivity contribution in [1.82, 2.24) is 35.9 Å². The molecule has 0 aliphatic rings. The quantitative estimate of drug-likeness (QED) is 0.0408. The molecule has 0 spiro atoms. The highest BCUT2D eigenvalue weighted by molar-refractivity contribution is 7.90. The second kappa shape index (κ2) is 25.6. The third-order valence-corrected chi connectivity index (χ3v) is 8.77. The number of nitrogens with zero attached hydrogens (tertiary/aromatic N) is 3. The van der Waals surface area contributed by atoms with Crippen molar-refractivity contribution in [3.8, 4) is 0 Å². The topological polar surface area (TPSA) is 255 Å². The predicted octanol–water partition coefficient (Wildman–Crippen LogP) is 1.65. The maximum atomic E-state index is 12.1. The molecule has 0 unspecified atom stereocenters. The standard InChI is InChI=1S/C32H53N7O11S/c1-26(40)37(46)23-11-3-8-20-33-28(41)16-18-30(43)38(47)24-12-4-9-21-34-29(42)17-19-31(44)39(48)25-13-5-10-22-35-32(45)36-51(49,50)27-14-6-2-7-15-27/h2,6-7,14-15,46-48H,3-5,8-13,16-25H2,1H3,(H,33,41)(H,34,42)(H2,35,36,45). The molecule has 1 aromatic rings. The van der Waals surface area contributed by atoms with Crippen LogP contribution in [-0.4, -0.2) is 114 Å². The molecule has 0 aromatic heterocycles. The smallest absolute Gasteiger partial charge is 0.328 e. The van der Waals surface area contributed by atoms with Gasteiger partial charge in [0.2, 0.25) is 29.5 Å². The molecular formula is C32H53N7O11S. The van der Waals surface area contributed by atoms with Crippen molar-refractivity contribution in [3.63, 3.8) is 0 Å². The fourth-order valence-corrected chi connectivity index (χ4v) is 5.40. The molecule has 51 heavy (non-hydrogen) atoms. The Morgan fingerprint density at radius 1 is 0.569 bits per heavy atom. The molecule has 0 atom stereocenters. The second-order valence-corrected chi connectivity index (χ2v) is 13.4. The molecule has 18 nitrogen and oxygen atoms in total. The van der Waals surface area contributed by atoms with E-state index >= 15 is 0 Å². The Labute approximate surface area is 298 Å². The summed E-state index contributed by atoms with van der Waals surface area (Å²) in [5, 5.41) is 38.7. The lowest BCUT2D eigenvalue weighted by atomic mass is 10.2. The van der Waals surface area contributed by atoms with E-state index in [-0.39, 0.29) is 68.6 Å². The van der Waals surface area contributed by atoms with Gasteiger partial charge < -0.3 is 16.0 Å². The molecule has 0 bridgehead atoms. The monoisotopic (exact) mass is 743 g/mol. The summed E-state index contributed by atoms with van der Waals surface area (Å²) in [6.45, 7) is 2.50. The van der Waals surface area contributed by atoms with E-state index in [2.05, 4.69) is 16.0 Å². The largest absolute Gasteiger partial charge is 0.356 e. The van der Waals surface area contributed by atoms with Gasteiger partial charge in [-0.05, 0) is 69.9 Å². The molecule has 0 aliphatic heterocycles. The van der Waals surface area contributed by atoms with E-state index in [9.17, 15) is 52.8 Å². The summed E-state index contributed by atoms with van der Waals surface area (Å²) in [4.78, 5) is 70.9. The normalized spacial score (nSPS) is 10.9. The van der Waals surface area contributed by atoms with Crippen LogP contribution in [0.2, 0.25) is 0 Å². The highest BCUT2D eigenvalue weighted by atomic mass is 32.2. The Morgan fingerprint density at radius 3 is 1.41 bits per heavy atom. The third kappa shape index (κ3) is 21.5. The minimum absolute atomic E-state index is 0.0310. The molecule has 0 aliphatic carbocycles. The molecule has 1 rings (SSSR count). The van der Waals surface area contributed by atoms with Crippen molar-refractivity contribution in [3.05, 3.63) is 30.3 Å². The third-order valence-electron chi connectivity index (χ3n) is 7.42. The van der Waals surface area contributed by atoms with E-state index in [1.165, 1.54) is 31.2 Å². The minimum atomic E-state index is -3.97. The first kappa shape index (κ1) is 44.7. The molecule has 0 saturated heterocycles. The number of benzene rings is 1. The number of sulfonamides is 1. The Morgan fingerprint density at radius 2 is 0.980 bits per heavy atom. The summed E-state index contributed by atoms with van der Waals surface area (Å²) in [6.07, 6.45) is 4.49. The molecule has 1 aromatic carbocycles. The van der Waals surface area contributed by atoms with Crippen LogP contribution < -0.4 is 20.7 Å². The predicted molar refractivity (Wildman–Crippen MR) is 182 cm³/mol. The molecule has 19 heteroatoms. The summed E-state index contributed by atoms with van der Waals surface area (Å²) < 4.78 is 26.2. The Balaban J connectivity index is 2.03. The average molecular weight is 744 g/mol. The van der Waals surface area contributed by atoms with Gasteiger partial charge >= 0.3 is 6.03 Å². The SMILES string of the molecule is CC(=O)N(O)CCCCCNC(=O)CCC(=O)N(O)CCCCCNC(=O)CCC(=O)N(O)CCCCCNC(=O)NS(=O)(=O)c1ccccc1. The van der Waals surface area contributed by atoms with E-state index in [1.54, 1.807) is 6.07 Å². The summed E-state index contributed by atoms with van der Waals surface area (Å²) in [5.74, 6) is -2.31. The summed E-state index contributed by atoms with van der Waals surface area (Å²) in [5.41, 5.74) is 0. The van der Waals surface area contributed by atoms with Crippen LogP contribution in [0.1, 0.15) is 90.4 Å². The fraction of sp³-hybridized carbons (Fsp3) is 0.625. The van der Waals surface area contributed by atoms with Gasteiger partial charge in [-0.15, -0.1) is 0 Å². The van der Waals surface area contributed by atoms with E-state index < -0.39 is 33.8 Å². The molecule has 288 valence electrons. The van der Waals surface area contributed by atoms with Crippen molar-refractivity contribution in [2.45, 2.75) is 95.3 Å². The molecule has 0 saturated carbocycles. The number of unbranched alkanes of at least 4 members (excludes halogenated alkanes) is 6. The highest BCUT2D eigenvalue weighted by Crippen LogP contribution is 2.07. The van der Waals surface area contributed by atoms with Crippen molar-refractivity contribution in [1.29, 1.82) is 0 Å². The van der Waals surface area contributed by atoms with E-state index in [1.807, 2.05) is 4.72 Å². The van der Waals surface area contributed by atoms with Crippen LogP contribution >= 0.6 is 0 Å². The molecule has 0 fully saturated rings. The van der Waals surface area contributed by atoms with E-state index in [0.29, 0.717) is 86.1 Å². The molecule has 0 radical (unpaired) electrons. The van der Waals surface area contributed by atoms with Crippen molar-refractivity contribution >= 4 is 45.6 Å². The number of urea groups is 1. The number of hydroxylamine groups is 6. The lowest BCUT2D eigenvalue weighted by molar-refractivity contribution is -0.166. The Bertz CT molecular complexity index is 1350. The summed E-state index contributed by atoms with van der Waals surface area (Å²) in [6, 6.07) is 6.60. The zero-order chi connectivity index (χ0) is 38.1. The van der Waals surface area contributed by atoms with Crippen LogP contribution in [0.3, 0.4) is 0 Å². The van der Waals surface area contributed by atoms with Gasteiger partial charge in [-0.3, -0.25) is 39.6 Å². The van der Waals surface area contributed by atoms with Crippen molar-refractivity contribution < 1.29 is 52.8 Å². The van der Waals surface area contributed by atoms with E-state index in [0.717, 1.165) is 0 Å². The molecule has 7 amide bonds. The van der Waals surface area contributed by atoms with Gasteiger partial charge in [-0.1, -0.05) is 18.2 Å². The van der Waals surface area contributed by atoms with Gasteiger partial charge in [-0.25, -0.2) is 33.1 Å². The van der Waals surface area contributed by atoms with Gasteiger partial charge in [0.15, 0.2) is 0 Å². The summed E-state index contributed by atoms with van der Waals surface area (Å²) in [7, 11) is -3.97. The first-order valence-corrected chi connectivity index (χ1v) is 18.6. The van der Waals surface area contributed by atoms with Gasteiger partial charge in [0.25, 0.3) is 10.0 Å². The maximum absolute atomic E-state index is 12.1. The van der Waals surface area contributed by atoms with Gasteiger partial charge in [0, 0.05) is 71.9 Å². The number of hydrogen-bond donors (Lipinski definition) is 7. The molecule has 7 N–H and O–H groups in total. The van der Waals surface area contributed by atoms with Gasteiger partial charge in [0.1, 0.15) is 0 Å². The lowest BCUT2D eigenvalue weighted by Crippen LogP contribution is -2.39. The Hall–Kier alpha value is -4.33. The van der Waals surface area contributed by atoms with Crippen LogP contribution in [0.5, 0.6) is 0 Å². The van der Waals surface area contributed by atoms with Crippen LogP contribution in [0.15, 0.2) is 35.2 Å². The zero-order valence-corrected chi connectivity index (χ0v) is 30.0. The van der Waals surface area contributed by atoms with Crippen LogP contribution in [0.25, 0.3) is 0 Å². The second-order valence-electron chi connectivity index (χ2n) is 11.7. The molecule has 0 heterocycles. The fourth-order valence-electron chi connectivity index (χ4n) is 4.45. The van der Waals surface area contributed by atoms with Crippen molar-refractivity contribution in [2.24, 2.45) is 0 Å². The number of nitrogens with one attached hydrogen (secondary N) is 4. The maximum Gasteiger partial charge on any atom is 0.328 e. The van der Waals surface area contributed by atoms with Crippen LogP contribution in [-0.2, 0) is 34.0 Å². The number of amides is 7. The zero-order valence-electron chi connectivity index (χ0n) is 29.2. The van der Waals surface area contributed by atoms with E-state index in [4.69, 9.17) is 0 Å². The number of rotatable bonds is 26. The van der Waals surface area contributed by atoms with Gasteiger partial charge in [-0.2, -0.15) is 0 Å². The first-order chi connectivity index (χ1) is 24.2. The first-order valence-electron chi connectivity index (χ1n) is 17.1.